The summed E-state index contributed by atoms with van der Waals surface area (Å²) in [5, 5.41) is 2.98. The SMILES string of the molecule is Cc1nc2cc(C(F)(F)F)c([C@H](C)Nc3cnc(C(=O)N4C[C@@H](C)O[C@@H](C)C4)cn3)cc2c(=O)n1C. The molecule has 0 saturated carbocycles. The van der Waals surface area contributed by atoms with E-state index >= 15 is 0 Å². The van der Waals surface area contributed by atoms with Gasteiger partial charge in [0, 0.05) is 20.1 Å². The highest BCUT2D eigenvalue weighted by Crippen LogP contribution is 2.37. The molecule has 2 aromatic heterocycles. The number of carbonyl (C=O) groups is 1. The zero-order chi connectivity index (χ0) is 26.4. The zero-order valence-corrected chi connectivity index (χ0v) is 20.6. The first-order chi connectivity index (χ1) is 16.8. The van der Waals surface area contributed by atoms with Gasteiger partial charge in [0.2, 0.25) is 0 Å². The molecule has 1 aliphatic rings. The van der Waals surface area contributed by atoms with Crippen molar-refractivity contribution in [3.8, 4) is 0 Å². The van der Waals surface area contributed by atoms with Crippen molar-refractivity contribution in [3.63, 3.8) is 0 Å². The average Bonchev–Trinajstić information content (AvgIpc) is 2.81. The minimum Gasteiger partial charge on any atom is -0.372 e. The van der Waals surface area contributed by atoms with Crippen LogP contribution in [-0.4, -0.2) is 55.6 Å². The molecular formula is C24H27F3N6O3. The van der Waals surface area contributed by atoms with Gasteiger partial charge in [-0.1, -0.05) is 0 Å². The Morgan fingerprint density at radius 3 is 2.42 bits per heavy atom. The summed E-state index contributed by atoms with van der Waals surface area (Å²) in [6.45, 7) is 7.70. The lowest BCUT2D eigenvalue weighted by Crippen LogP contribution is -2.48. The van der Waals surface area contributed by atoms with E-state index in [2.05, 4.69) is 20.3 Å². The van der Waals surface area contributed by atoms with Crippen LogP contribution in [0.15, 0.2) is 29.3 Å². The minimum absolute atomic E-state index is 0.0201. The molecule has 1 aromatic carbocycles. The summed E-state index contributed by atoms with van der Waals surface area (Å²) in [7, 11) is 1.51. The van der Waals surface area contributed by atoms with Crippen molar-refractivity contribution in [2.24, 2.45) is 7.05 Å². The van der Waals surface area contributed by atoms with Crippen LogP contribution in [0.2, 0.25) is 0 Å². The van der Waals surface area contributed by atoms with E-state index in [9.17, 15) is 22.8 Å². The van der Waals surface area contributed by atoms with Gasteiger partial charge in [0.25, 0.3) is 11.5 Å². The number of nitrogens with one attached hydrogen (secondary N) is 1. The average molecular weight is 505 g/mol. The molecule has 0 aliphatic carbocycles. The summed E-state index contributed by atoms with van der Waals surface area (Å²) in [4.78, 5) is 39.6. The van der Waals surface area contributed by atoms with E-state index in [4.69, 9.17) is 4.74 Å². The molecule has 192 valence electrons. The third-order valence-corrected chi connectivity index (χ3v) is 6.18. The molecule has 0 spiro atoms. The largest absolute Gasteiger partial charge is 0.416 e. The summed E-state index contributed by atoms with van der Waals surface area (Å²) >= 11 is 0. The van der Waals surface area contributed by atoms with Crippen LogP contribution in [0.4, 0.5) is 19.0 Å². The first-order valence-corrected chi connectivity index (χ1v) is 11.5. The maximum Gasteiger partial charge on any atom is 0.416 e. The van der Waals surface area contributed by atoms with E-state index in [1.165, 1.54) is 37.0 Å². The number of halogens is 3. The van der Waals surface area contributed by atoms with Crippen LogP contribution >= 0.6 is 0 Å². The Bertz CT molecular complexity index is 1350. The van der Waals surface area contributed by atoms with Gasteiger partial charge >= 0.3 is 6.18 Å². The van der Waals surface area contributed by atoms with E-state index in [-0.39, 0.29) is 46.1 Å². The van der Waals surface area contributed by atoms with E-state index in [1.807, 2.05) is 13.8 Å². The Morgan fingerprint density at radius 1 is 1.17 bits per heavy atom. The number of alkyl halides is 3. The Labute approximate surface area is 205 Å². The van der Waals surface area contributed by atoms with E-state index in [0.29, 0.717) is 18.9 Å². The van der Waals surface area contributed by atoms with Crippen molar-refractivity contribution in [2.45, 2.75) is 52.1 Å². The topological polar surface area (TPSA) is 102 Å². The molecule has 1 amide bonds. The van der Waals surface area contributed by atoms with Crippen molar-refractivity contribution in [1.29, 1.82) is 0 Å². The van der Waals surface area contributed by atoms with Crippen molar-refractivity contribution < 1.29 is 22.7 Å². The lowest BCUT2D eigenvalue weighted by molar-refractivity contribution is -0.138. The molecule has 1 N–H and O–H groups in total. The second kappa shape index (κ2) is 9.49. The molecule has 12 heteroatoms. The maximum absolute atomic E-state index is 13.9. The Kier molecular flexibility index (Phi) is 6.74. The predicted molar refractivity (Wildman–Crippen MR) is 127 cm³/mol. The van der Waals surface area contributed by atoms with Crippen molar-refractivity contribution in [1.82, 2.24) is 24.4 Å². The number of amides is 1. The number of rotatable bonds is 4. The van der Waals surface area contributed by atoms with Gasteiger partial charge in [-0.25, -0.2) is 15.0 Å². The molecular weight excluding hydrogens is 477 g/mol. The van der Waals surface area contributed by atoms with Gasteiger partial charge in [0.1, 0.15) is 17.3 Å². The number of aryl methyl sites for hydroxylation is 1. The lowest BCUT2D eigenvalue weighted by Gasteiger charge is -2.35. The molecule has 0 unspecified atom stereocenters. The smallest absolute Gasteiger partial charge is 0.372 e. The van der Waals surface area contributed by atoms with Crippen LogP contribution in [0.5, 0.6) is 0 Å². The highest BCUT2D eigenvalue weighted by Gasteiger charge is 2.36. The minimum atomic E-state index is -4.66. The molecule has 0 bridgehead atoms. The third-order valence-electron chi connectivity index (χ3n) is 6.18. The fraction of sp³-hybridized carbons (Fsp3) is 0.458. The molecule has 0 radical (unpaired) electrons. The fourth-order valence-electron chi connectivity index (χ4n) is 4.37. The first kappa shape index (κ1) is 25.5. The normalized spacial score (nSPS) is 19.4. The van der Waals surface area contributed by atoms with Crippen LogP contribution in [0.1, 0.15) is 54.3 Å². The number of ether oxygens (including phenoxy) is 1. The van der Waals surface area contributed by atoms with Gasteiger partial charge in [0.15, 0.2) is 0 Å². The number of aromatic nitrogens is 4. The number of anilines is 1. The summed E-state index contributed by atoms with van der Waals surface area (Å²) in [6, 6.07) is 1.24. The Balaban J connectivity index is 1.61. The molecule has 1 fully saturated rings. The Hall–Kier alpha value is -3.54. The highest BCUT2D eigenvalue weighted by molar-refractivity contribution is 5.92. The standard InChI is InChI=1S/C24H27F3N6O3/c1-12-10-33(11-13(2)36-12)23(35)20-8-29-21(9-28-20)30-14(3)16-6-17-19(7-18(16)24(25,26)27)31-15(4)32(5)22(17)34/h6-9,12-14H,10-11H2,1-5H3,(H,29,30)/t12-,13+,14-/m0/s1. The molecule has 36 heavy (non-hydrogen) atoms. The number of morpholine rings is 1. The van der Waals surface area contributed by atoms with Gasteiger partial charge in [-0.3, -0.25) is 14.2 Å². The quantitative estimate of drug-likeness (QED) is 0.581. The summed E-state index contributed by atoms with van der Waals surface area (Å²) < 4.78 is 48.7. The van der Waals surface area contributed by atoms with Crippen molar-refractivity contribution in [3.05, 3.63) is 57.5 Å². The molecule has 3 heterocycles. The van der Waals surface area contributed by atoms with E-state index < -0.39 is 23.3 Å². The molecule has 1 aliphatic heterocycles. The van der Waals surface area contributed by atoms with Crippen LogP contribution in [0.3, 0.4) is 0 Å². The monoisotopic (exact) mass is 504 g/mol. The van der Waals surface area contributed by atoms with Crippen molar-refractivity contribution >= 4 is 22.6 Å². The van der Waals surface area contributed by atoms with Gasteiger partial charge < -0.3 is 15.0 Å². The zero-order valence-electron chi connectivity index (χ0n) is 20.6. The van der Waals surface area contributed by atoms with Gasteiger partial charge in [-0.2, -0.15) is 13.2 Å². The predicted octanol–water partition coefficient (Wildman–Crippen LogP) is 3.47. The molecule has 9 nitrogen and oxygen atoms in total. The first-order valence-electron chi connectivity index (χ1n) is 11.5. The third kappa shape index (κ3) is 5.03. The summed E-state index contributed by atoms with van der Waals surface area (Å²) in [6.07, 6.45) is -2.28. The van der Waals surface area contributed by atoms with Crippen LogP contribution in [0.25, 0.3) is 10.9 Å². The lowest BCUT2D eigenvalue weighted by atomic mass is 9.98. The van der Waals surface area contributed by atoms with Gasteiger partial charge in [0.05, 0.1) is 47.1 Å². The molecule has 3 aromatic rings. The summed E-state index contributed by atoms with van der Waals surface area (Å²) in [5.74, 6) is 0.202. The number of benzene rings is 1. The van der Waals surface area contributed by atoms with Crippen LogP contribution < -0.4 is 10.9 Å². The maximum atomic E-state index is 13.9. The van der Waals surface area contributed by atoms with Crippen molar-refractivity contribution in [2.75, 3.05) is 18.4 Å². The molecule has 4 rings (SSSR count). The fourth-order valence-corrected chi connectivity index (χ4v) is 4.37. The number of fused-ring (bicyclic) bond motifs is 1. The number of hydrogen-bond acceptors (Lipinski definition) is 7. The second-order valence-electron chi connectivity index (χ2n) is 9.10. The Morgan fingerprint density at radius 2 is 1.83 bits per heavy atom. The van der Waals surface area contributed by atoms with E-state index in [0.717, 1.165) is 6.07 Å². The van der Waals surface area contributed by atoms with Gasteiger partial charge in [-0.05, 0) is 45.4 Å². The van der Waals surface area contributed by atoms with Crippen LogP contribution in [-0.2, 0) is 18.0 Å². The van der Waals surface area contributed by atoms with Gasteiger partial charge in [-0.15, -0.1) is 0 Å². The second-order valence-corrected chi connectivity index (χ2v) is 9.10. The molecule has 1 saturated heterocycles. The highest BCUT2D eigenvalue weighted by atomic mass is 19.4. The van der Waals surface area contributed by atoms with E-state index in [1.54, 1.807) is 11.8 Å². The molecule has 3 atom stereocenters. The number of carbonyl (C=O) groups excluding carboxylic acids is 1. The number of hydrogen-bond donors (Lipinski definition) is 1. The summed E-state index contributed by atoms with van der Waals surface area (Å²) in [5.41, 5.74) is -1.36. The van der Waals surface area contributed by atoms with Crippen LogP contribution in [0, 0.1) is 6.92 Å². The number of nitrogens with zero attached hydrogens (tertiary/aromatic N) is 5.